The van der Waals surface area contributed by atoms with Crippen molar-refractivity contribution in [3.8, 4) is 0 Å². The molecule has 1 N–H and O–H groups in total. The average Bonchev–Trinajstić information content (AvgIpc) is 3.17. The molecule has 0 aliphatic carbocycles. The van der Waals surface area contributed by atoms with Crippen molar-refractivity contribution in [1.29, 1.82) is 0 Å². The van der Waals surface area contributed by atoms with E-state index < -0.39 is 0 Å². The van der Waals surface area contributed by atoms with Crippen molar-refractivity contribution in [3.63, 3.8) is 0 Å². The van der Waals surface area contributed by atoms with Crippen molar-refractivity contribution in [3.05, 3.63) is 102 Å². The van der Waals surface area contributed by atoms with E-state index in [1.165, 1.54) is 43.4 Å². The third-order valence-electron chi connectivity index (χ3n) is 6.85. The van der Waals surface area contributed by atoms with Crippen molar-refractivity contribution in [1.82, 2.24) is 9.97 Å². The van der Waals surface area contributed by atoms with E-state index in [0.717, 1.165) is 16.8 Å². The molecule has 162 valence electrons. The summed E-state index contributed by atoms with van der Waals surface area (Å²) in [5, 5.41) is 12.0. The first kappa shape index (κ1) is 21.7. The van der Waals surface area contributed by atoms with Crippen LogP contribution in [-0.4, -0.2) is 17.0 Å². The second-order valence-corrected chi connectivity index (χ2v) is 9.07. The van der Waals surface area contributed by atoms with Gasteiger partial charge in [-0.1, -0.05) is 50.2 Å². The van der Waals surface area contributed by atoms with Crippen molar-refractivity contribution >= 4 is 49.0 Å². The molecule has 6 aromatic rings. The van der Waals surface area contributed by atoms with Gasteiger partial charge in [0.25, 0.3) is 0 Å². The monoisotopic (exact) mass is 598 g/mol. The van der Waals surface area contributed by atoms with Crippen molar-refractivity contribution in [2.45, 2.75) is 19.3 Å². The van der Waals surface area contributed by atoms with E-state index in [1.54, 1.807) is 6.20 Å². The number of H-pyrrole nitrogens is 1. The molecule has 0 atom stereocenters. The molecule has 0 spiro atoms. The van der Waals surface area contributed by atoms with Gasteiger partial charge in [-0.2, -0.15) is 0 Å². The summed E-state index contributed by atoms with van der Waals surface area (Å²) in [6.07, 6.45) is 3.75. The molecule has 0 unspecified atom stereocenters. The molecule has 3 nitrogen and oxygen atoms in total. The molecule has 0 bridgehead atoms. The molecular formula is C29H24N3W-. The number of hydrogen-bond donors (Lipinski definition) is 1. The van der Waals surface area contributed by atoms with Crippen LogP contribution in [0.4, 0.5) is 5.69 Å². The van der Waals surface area contributed by atoms with Crippen LogP contribution in [0.2, 0.25) is 0 Å². The fraction of sp³-hybridized carbons (Fsp3) is 0.138. The average molecular weight is 598 g/mol. The fourth-order valence-electron chi connectivity index (χ4n) is 4.95. The van der Waals surface area contributed by atoms with E-state index >= 15 is 0 Å². The number of rotatable bonds is 3. The topological polar surface area (TPSA) is 42.8 Å². The summed E-state index contributed by atoms with van der Waals surface area (Å²) in [6, 6.07) is 26.5. The summed E-state index contributed by atoms with van der Waals surface area (Å²) in [4.78, 5) is 8.01. The zero-order valence-electron chi connectivity index (χ0n) is 18.9. The number of aromatic nitrogens is 2. The Labute approximate surface area is 207 Å². The summed E-state index contributed by atoms with van der Waals surface area (Å²) < 4.78 is 0. The molecule has 33 heavy (non-hydrogen) atoms. The van der Waals surface area contributed by atoms with Gasteiger partial charge in [-0.3, -0.25) is 4.98 Å². The molecule has 4 aromatic carbocycles. The molecule has 0 saturated carbocycles. The normalized spacial score (nSPS) is 11.8. The van der Waals surface area contributed by atoms with Gasteiger partial charge in [0, 0.05) is 60.7 Å². The Morgan fingerprint density at radius 1 is 0.758 bits per heavy atom. The Hall–Kier alpha value is -3.16. The Morgan fingerprint density at radius 2 is 1.45 bits per heavy atom. The third kappa shape index (κ3) is 3.43. The first-order valence-corrected chi connectivity index (χ1v) is 11.0. The SMILES string of the molecule is C[N-]c1ccncc1C(C)(C)c1ccc2[nH]c3cc4cc5ccccc5cc4cc3c2c1.[W]. The maximum atomic E-state index is 4.48. The molecule has 4 heteroatoms. The molecular weight excluding hydrogens is 574 g/mol. The van der Waals surface area contributed by atoms with Gasteiger partial charge in [0.15, 0.2) is 0 Å². The van der Waals surface area contributed by atoms with E-state index in [9.17, 15) is 0 Å². The molecule has 0 aliphatic rings. The van der Waals surface area contributed by atoms with E-state index in [-0.39, 0.29) is 26.5 Å². The van der Waals surface area contributed by atoms with Crippen LogP contribution in [0.15, 0.2) is 85.2 Å². The van der Waals surface area contributed by atoms with Gasteiger partial charge in [0.1, 0.15) is 0 Å². The van der Waals surface area contributed by atoms with E-state index in [1.807, 2.05) is 19.3 Å². The Bertz CT molecular complexity index is 1650. The van der Waals surface area contributed by atoms with Crippen LogP contribution in [0.3, 0.4) is 0 Å². The molecule has 0 amide bonds. The molecule has 0 fully saturated rings. The smallest absolute Gasteiger partial charge is 0.0471 e. The zero-order valence-corrected chi connectivity index (χ0v) is 21.8. The Kier molecular flexibility index (Phi) is 5.26. The molecule has 2 aromatic heterocycles. The Balaban J connectivity index is 0.00000228. The predicted molar refractivity (Wildman–Crippen MR) is 136 cm³/mol. The van der Waals surface area contributed by atoms with Crippen LogP contribution in [0.1, 0.15) is 25.0 Å². The van der Waals surface area contributed by atoms with Gasteiger partial charge in [-0.15, -0.1) is 12.7 Å². The van der Waals surface area contributed by atoms with Crippen molar-refractivity contribution in [2.75, 3.05) is 7.05 Å². The summed E-state index contributed by atoms with van der Waals surface area (Å²) in [5.74, 6) is 0. The number of nitrogens with one attached hydrogen (secondary N) is 1. The predicted octanol–water partition coefficient (Wildman–Crippen LogP) is 7.98. The maximum absolute atomic E-state index is 4.48. The maximum Gasteiger partial charge on any atom is 0.0471 e. The second-order valence-electron chi connectivity index (χ2n) is 9.07. The first-order valence-electron chi connectivity index (χ1n) is 11.0. The van der Waals surface area contributed by atoms with Gasteiger partial charge in [-0.05, 0) is 69.1 Å². The summed E-state index contributed by atoms with van der Waals surface area (Å²) in [7, 11) is 1.84. The standard InChI is InChI=1S/C29H24N3.W/c1-29(2,25-17-31-11-10-27(25)30-3)22-8-9-26-24(16-22)23-14-20-12-18-6-4-5-7-19(18)13-21(20)15-28(23)32-26;/h4-17,32H,1-3H3;/q-1;. The Morgan fingerprint density at radius 3 is 2.18 bits per heavy atom. The summed E-state index contributed by atoms with van der Waals surface area (Å²) >= 11 is 0. The van der Waals surface area contributed by atoms with E-state index in [2.05, 4.69) is 95.9 Å². The van der Waals surface area contributed by atoms with Crippen LogP contribution in [0.5, 0.6) is 0 Å². The fourth-order valence-corrected chi connectivity index (χ4v) is 4.95. The van der Waals surface area contributed by atoms with E-state index in [4.69, 9.17) is 0 Å². The van der Waals surface area contributed by atoms with Crippen molar-refractivity contribution in [2.24, 2.45) is 0 Å². The number of hydrogen-bond acceptors (Lipinski definition) is 1. The van der Waals surface area contributed by atoms with Gasteiger partial charge in [-0.25, -0.2) is 0 Å². The van der Waals surface area contributed by atoms with Gasteiger partial charge >= 0.3 is 0 Å². The molecule has 2 heterocycles. The van der Waals surface area contributed by atoms with Gasteiger partial charge in [0.05, 0.1) is 0 Å². The summed E-state index contributed by atoms with van der Waals surface area (Å²) in [6.45, 7) is 4.49. The third-order valence-corrected chi connectivity index (χ3v) is 6.85. The largest absolute Gasteiger partial charge is 0.687 e. The van der Waals surface area contributed by atoms with Crippen LogP contribution in [0, 0.1) is 0 Å². The van der Waals surface area contributed by atoms with Crippen molar-refractivity contribution < 1.29 is 21.1 Å². The zero-order chi connectivity index (χ0) is 21.9. The number of pyridine rings is 1. The second kappa shape index (κ2) is 8.00. The van der Waals surface area contributed by atoms with Crippen LogP contribution < -0.4 is 0 Å². The minimum Gasteiger partial charge on any atom is -0.687 e. The van der Waals surface area contributed by atoms with Crippen LogP contribution in [-0.2, 0) is 26.5 Å². The number of aromatic amines is 1. The van der Waals surface area contributed by atoms with E-state index in [0.29, 0.717) is 0 Å². The molecule has 0 aliphatic heterocycles. The number of benzene rings is 4. The number of fused-ring (bicyclic) bond motifs is 5. The van der Waals surface area contributed by atoms with Gasteiger partial charge in [0.2, 0.25) is 0 Å². The minimum absolute atomic E-state index is 0. The molecule has 0 saturated heterocycles. The quantitative estimate of drug-likeness (QED) is 0.206. The van der Waals surface area contributed by atoms with Gasteiger partial charge < -0.3 is 10.3 Å². The molecule has 6 rings (SSSR count). The summed E-state index contributed by atoms with van der Waals surface area (Å²) in [5.41, 5.74) is 5.49. The minimum atomic E-state index is -0.214. The first-order chi connectivity index (χ1) is 15.5. The van der Waals surface area contributed by atoms with Crippen LogP contribution in [0.25, 0.3) is 48.7 Å². The number of nitrogens with zero attached hydrogens (tertiary/aromatic N) is 2. The van der Waals surface area contributed by atoms with Crippen LogP contribution >= 0.6 is 0 Å². The molecule has 0 radical (unpaired) electrons.